The molecule has 17 aromatic rings. The van der Waals surface area contributed by atoms with Gasteiger partial charge in [0.1, 0.15) is 74.3 Å². The van der Waals surface area contributed by atoms with Crippen LogP contribution >= 0.6 is 11.6 Å². The van der Waals surface area contributed by atoms with Crippen LogP contribution in [0.3, 0.4) is 0 Å². The molecule has 0 radical (unpaired) electrons. The van der Waals surface area contributed by atoms with Crippen molar-refractivity contribution >= 4 is 89.7 Å². The van der Waals surface area contributed by atoms with Crippen LogP contribution in [0.4, 0.5) is 16.0 Å². The highest BCUT2D eigenvalue weighted by molar-refractivity contribution is 6.35. The molecule has 3 aliphatic heterocycles. The Morgan fingerprint density at radius 1 is 0.407 bits per heavy atom. The molecule has 36 heteroatoms. The molecule has 0 spiro atoms. The molecule has 0 saturated carbocycles. The number of aromatic nitrogens is 10. The second-order valence-electron chi connectivity index (χ2n) is 31.1. The number of halogens is 2. The van der Waals surface area contributed by atoms with Crippen molar-refractivity contribution in [3.05, 3.63) is 293 Å². The van der Waals surface area contributed by atoms with Crippen LogP contribution in [0.15, 0.2) is 265 Å². The van der Waals surface area contributed by atoms with Gasteiger partial charge in [-0.25, -0.2) is 82.8 Å². The van der Waals surface area contributed by atoms with E-state index in [1.54, 1.807) is 170 Å². The van der Waals surface area contributed by atoms with Crippen LogP contribution in [-0.4, -0.2) is 135 Å². The summed E-state index contributed by atoms with van der Waals surface area (Å²) in [6.45, 7) is 10.7. The second-order valence-corrected chi connectivity index (χ2v) is 31.5. The number of carbonyl (C=O) groups is 2. The number of rotatable bonds is 17. The van der Waals surface area contributed by atoms with Gasteiger partial charge in [0.05, 0.1) is 107 Å². The van der Waals surface area contributed by atoms with Crippen molar-refractivity contribution in [1.82, 2.24) is 49.8 Å². The fourth-order valence-electron chi connectivity index (χ4n) is 15.2. The number of carbonyl (C=O) groups excluding carboxylic acids is 2. The van der Waals surface area contributed by atoms with Crippen LogP contribution in [0.1, 0.15) is 57.6 Å². The van der Waals surface area contributed by atoms with Crippen molar-refractivity contribution in [1.29, 1.82) is 0 Å². The number of methoxy groups -OCH3 is 5. The zero-order valence-corrected chi connectivity index (χ0v) is 74.7. The maximum atomic E-state index is 13.1. The summed E-state index contributed by atoms with van der Waals surface area (Å²) in [7, 11) is 7.31. The summed E-state index contributed by atoms with van der Waals surface area (Å²) in [6.07, 6.45) is 9.42. The van der Waals surface area contributed by atoms with Crippen molar-refractivity contribution in [2.24, 2.45) is 0 Å². The van der Waals surface area contributed by atoms with Gasteiger partial charge in [0.2, 0.25) is 59.8 Å². The number of anilines is 2. The summed E-state index contributed by atoms with van der Waals surface area (Å²) >= 11 is 6.01. The first-order valence-electron chi connectivity index (χ1n) is 42.0. The quantitative estimate of drug-likeness (QED) is 0.0764. The normalized spacial score (nSPS) is 13.6. The minimum atomic E-state index is -0.579. The number of fused-ring (bicyclic) bond motifs is 6. The predicted molar refractivity (Wildman–Crippen MR) is 496 cm³/mol. The lowest BCUT2D eigenvalue weighted by molar-refractivity contribution is -0.156. The van der Waals surface area contributed by atoms with Gasteiger partial charge in [-0.15, -0.1) is 0 Å². The Morgan fingerprint density at radius 3 is 1.29 bits per heavy atom. The third kappa shape index (κ3) is 20.1. The van der Waals surface area contributed by atoms with E-state index in [-0.39, 0.29) is 87.8 Å². The molecule has 20 rings (SSSR count). The number of nitrogens with zero attached hydrogens (tertiary/aromatic N) is 12. The molecular formula is C99H82ClFN12O22. The summed E-state index contributed by atoms with van der Waals surface area (Å²) < 4.78 is 93.9. The van der Waals surface area contributed by atoms with E-state index in [1.165, 1.54) is 59.8 Å². The molecule has 2 saturated heterocycles. The van der Waals surface area contributed by atoms with Crippen LogP contribution in [0.2, 0.25) is 5.02 Å². The molecule has 2 fully saturated rings. The van der Waals surface area contributed by atoms with Gasteiger partial charge in [-0.3, -0.25) is 0 Å². The highest BCUT2D eigenvalue weighted by atomic mass is 35.5. The average Bonchev–Trinajstić information content (AvgIpc) is 1.18. The third-order valence-electron chi connectivity index (χ3n) is 21.3. The van der Waals surface area contributed by atoms with Gasteiger partial charge in [-0.05, 0) is 211 Å². The summed E-state index contributed by atoms with van der Waals surface area (Å²) in [5.74, 6) is 4.84. The zero-order chi connectivity index (χ0) is 94.7. The summed E-state index contributed by atoms with van der Waals surface area (Å²) in [5.41, 5.74) is 3.35. The van der Waals surface area contributed by atoms with Crippen molar-refractivity contribution in [2.75, 3.05) is 65.2 Å². The highest BCUT2D eigenvalue weighted by Gasteiger charge is 2.38. The minimum Gasteiger partial charge on any atom is -0.496 e. The Labute approximate surface area is 770 Å². The standard InChI is InChI=1S/C23H25N3O5.C21H14N2O5.C20H13FN2O3.C20H19N3O5.C15H11ClN2O4/c1-23(2,3)31-21(27)16-10-7-13-26(16)19-14(8-6-12-24-19)20-25-15-9-5-11-17(29-4)18(15)22(28)30-20;1-12-4-2-6-15-18(12)21(24)28-20(23-15)14-5-3-9-22-19(14)27-13-7-8-16-17(10-13)26-11-25-16;1-12-4-2-6-16-17(12)20(24)26-19(23-16)15-5-3-11-22-18(15)25-14-9-7-13(21)8-10-14;1-26-15-9-3-7-13-16(15)20(25)28-18(22-13)12-6-4-10-21-17(12)23-11-5-8-14(23)19(24)27-2;1-20-11-7-6-8(13(18-11)21-2)14-17-10-5-3-4-9(16)12(10)15(19)22-14/h5-6,8-9,11-12,16H,7,10,13H2,1-4H3;2-10H,11H2,1H3;2-11H,1H3;3-4,6-7,9-10,14H,5,8,11H2,1-2H3;3-7H,1-2H3/t16-;;;14-;/m1..0./s1. The number of pyridine rings is 5. The van der Waals surface area contributed by atoms with Crippen molar-refractivity contribution < 1.29 is 83.4 Å². The summed E-state index contributed by atoms with van der Waals surface area (Å²) in [6, 6.07) is 53.3. The molecule has 684 valence electrons. The van der Waals surface area contributed by atoms with Gasteiger partial charge in [0.25, 0.3) is 0 Å². The van der Waals surface area contributed by atoms with Crippen molar-refractivity contribution in [3.8, 4) is 115 Å². The van der Waals surface area contributed by atoms with E-state index >= 15 is 0 Å². The molecule has 13 heterocycles. The number of ether oxygens (including phenoxy) is 10. The van der Waals surface area contributed by atoms with Gasteiger partial charge < -0.3 is 79.3 Å². The van der Waals surface area contributed by atoms with Gasteiger partial charge in [0, 0.05) is 50.0 Å². The van der Waals surface area contributed by atoms with Gasteiger partial charge in [0.15, 0.2) is 11.5 Å². The molecule has 3 aliphatic rings. The van der Waals surface area contributed by atoms with E-state index in [0.717, 1.165) is 24.0 Å². The first kappa shape index (κ1) is 91.5. The molecule has 7 aromatic carbocycles. The number of aryl methyl sites for hydroxylation is 2. The molecule has 2 atom stereocenters. The first-order chi connectivity index (χ1) is 65.4. The summed E-state index contributed by atoms with van der Waals surface area (Å²) in [5, 5.41) is 2.02. The second kappa shape index (κ2) is 40.3. The van der Waals surface area contributed by atoms with Crippen molar-refractivity contribution in [3.63, 3.8) is 0 Å². The monoisotopic (exact) mass is 1840 g/mol. The number of benzene rings is 7. The molecular weight excluding hydrogens is 1760 g/mol. The molecule has 0 bridgehead atoms. The molecule has 0 aliphatic carbocycles. The maximum Gasteiger partial charge on any atom is 0.350 e. The summed E-state index contributed by atoms with van der Waals surface area (Å²) in [4.78, 5) is 135. The Kier molecular flexibility index (Phi) is 27.3. The molecule has 10 aromatic heterocycles. The average molecular weight is 1850 g/mol. The molecule has 0 N–H and O–H groups in total. The lowest BCUT2D eigenvalue weighted by Gasteiger charge is -2.28. The lowest BCUT2D eigenvalue weighted by Crippen LogP contribution is -2.41. The van der Waals surface area contributed by atoms with E-state index < -0.39 is 45.8 Å². The number of hydrogen-bond donors (Lipinski definition) is 0. The third-order valence-corrected chi connectivity index (χ3v) is 21.6. The fourth-order valence-corrected chi connectivity index (χ4v) is 15.4. The van der Waals surface area contributed by atoms with E-state index in [0.29, 0.717) is 149 Å². The van der Waals surface area contributed by atoms with Crippen LogP contribution in [0.25, 0.3) is 112 Å². The van der Waals surface area contributed by atoms with Crippen LogP contribution in [-0.2, 0) is 19.1 Å². The van der Waals surface area contributed by atoms with E-state index in [1.807, 2.05) is 68.7 Å². The Morgan fingerprint density at radius 2 is 0.815 bits per heavy atom. The van der Waals surface area contributed by atoms with Gasteiger partial charge in [-0.2, -0.15) is 4.98 Å². The lowest BCUT2D eigenvalue weighted by atomic mass is 10.1. The Balaban J connectivity index is 0.000000123. The topological polar surface area (TPSA) is 413 Å². The smallest absolute Gasteiger partial charge is 0.350 e. The van der Waals surface area contributed by atoms with Gasteiger partial charge >= 0.3 is 40.1 Å². The molecule has 135 heavy (non-hydrogen) atoms. The van der Waals surface area contributed by atoms with Gasteiger partial charge in [-0.1, -0.05) is 54.1 Å². The first-order valence-corrected chi connectivity index (χ1v) is 42.4. The maximum absolute atomic E-state index is 13.1. The number of esters is 2. The SMILES string of the molecule is COC(=O)[C@@H]1CCCN1c1ncccc1-c1nc2cccc(OC)c2c(=O)o1.COc1ccc(-c2nc3cccc(Cl)c3c(=O)o2)c(OC)n1.COc1cccc2nc(-c3cccnc3N3CCC[C@@H]3C(=O)OC(C)(C)C)oc(=O)c12.Cc1cccc2nc(-c3cccnc3Oc3ccc(F)cc3)oc(=O)c12.Cc1cccc2nc(-c3cccnc3Oc3ccc4c(c3)OCO4)oc(=O)c12. The largest absolute Gasteiger partial charge is 0.496 e. The number of hydrogen-bond acceptors (Lipinski definition) is 34. The van der Waals surface area contributed by atoms with Crippen LogP contribution in [0.5, 0.6) is 58.0 Å². The predicted octanol–water partition coefficient (Wildman–Crippen LogP) is 17.5. The van der Waals surface area contributed by atoms with E-state index in [9.17, 15) is 38.0 Å². The molecule has 0 unspecified atom stereocenters. The minimum absolute atomic E-state index is 0.103. The zero-order valence-electron chi connectivity index (χ0n) is 74.0. The van der Waals surface area contributed by atoms with Crippen LogP contribution < -0.4 is 75.8 Å². The molecule has 34 nitrogen and oxygen atoms in total. The van der Waals surface area contributed by atoms with Crippen LogP contribution in [0, 0.1) is 19.7 Å². The fraction of sp³-hybridized carbons (Fsp3) is 0.202. The Hall–Kier alpha value is -16.9. The van der Waals surface area contributed by atoms with Crippen molar-refractivity contribution in [2.45, 2.75) is 78.0 Å². The molecule has 0 amide bonds. The Bertz CT molecular complexity index is 7690. The highest BCUT2D eigenvalue weighted by Crippen LogP contribution is 2.42. The van der Waals surface area contributed by atoms with E-state index in [4.69, 9.17) is 81.1 Å². The van der Waals surface area contributed by atoms with E-state index in [2.05, 4.69) is 49.8 Å².